The molecular formula is C31H34F2N4O3. The molecule has 3 fully saturated rings. The van der Waals surface area contributed by atoms with Gasteiger partial charge in [-0.3, -0.25) is 14.7 Å². The normalized spacial score (nSPS) is 26.5. The summed E-state index contributed by atoms with van der Waals surface area (Å²) < 4.78 is 41.5. The SMILES string of the molecule is O=C1c2ccc(O[C@@H]3CN(Cc4ccc5nc([C@H]6CCOC6)ccc5c4)CC3(F)F)cc2CN1[C@H]1CCCNC1. The third-order valence-corrected chi connectivity index (χ3v) is 8.76. The third-order valence-electron chi connectivity index (χ3n) is 8.76. The van der Waals surface area contributed by atoms with Crippen LogP contribution in [0.15, 0.2) is 48.5 Å². The average Bonchev–Trinajstić information content (AvgIpc) is 3.67. The van der Waals surface area contributed by atoms with Gasteiger partial charge in [0.2, 0.25) is 0 Å². The fourth-order valence-electron chi connectivity index (χ4n) is 6.57. The molecule has 7 nitrogen and oxygen atoms in total. The first-order valence-corrected chi connectivity index (χ1v) is 14.3. The van der Waals surface area contributed by atoms with E-state index >= 15 is 8.78 Å². The summed E-state index contributed by atoms with van der Waals surface area (Å²) in [7, 11) is 0. The Labute approximate surface area is 232 Å². The zero-order chi connectivity index (χ0) is 27.3. The van der Waals surface area contributed by atoms with Crippen LogP contribution in [0.4, 0.5) is 8.78 Å². The van der Waals surface area contributed by atoms with E-state index in [1.807, 2.05) is 23.1 Å². The van der Waals surface area contributed by atoms with E-state index in [4.69, 9.17) is 14.5 Å². The van der Waals surface area contributed by atoms with Crippen molar-refractivity contribution in [3.05, 3.63) is 70.9 Å². The van der Waals surface area contributed by atoms with Crippen molar-refractivity contribution < 1.29 is 23.0 Å². The molecule has 40 heavy (non-hydrogen) atoms. The molecule has 0 radical (unpaired) electrons. The van der Waals surface area contributed by atoms with Gasteiger partial charge in [-0.1, -0.05) is 12.1 Å². The lowest BCUT2D eigenvalue weighted by Crippen LogP contribution is -2.46. The summed E-state index contributed by atoms with van der Waals surface area (Å²) in [5, 5.41) is 4.36. The monoisotopic (exact) mass is 548 g/mol. The third kappa shape index (κ3) is 4.95. The molecule has 0 aliphatic carbocycles. The molecule has 0 saturated carbocycles. The van der Waals surface area contributed by atoms with E-state index in [0.717, 1.165) is 66.7 Å². The molecule has 3 aromatic rings. The Morgan fingerprint density at radius 2 is 2.05 bits per heavy atom. The first-order valence-electron chi connectivity index (χ1n) is 14.3. The zero-order valence-corrected chi connectivity index (χ0v) is 22.5. The molecule has 2 aromatic carbocycles. The van der Waals surface area contributed by atoms with Crippen LogP contribution in [0.5, 0.6) is 5.75 Å². The molecule has 0 unspecified atom stereocenters. The van der Waals surface area contributed by atoms with Crippen LogP contribution >= 0.6 is 0 Å². The van der Waals surface area contributed by atoms with Gasteiger partial charge in [-0.15, -0.1) is 0 Å². The number of alkyl halides is 2. The number of piperidine rings is 1. The first-order chi connectivity index (χ1) is 19.4. The first kappa shape index (κ1) is 25.8. The highest BCUT2D eigenvalue weighted by Crippen LogP contribution is 2.35. The number of fused-ring (bicyclic) bond motifs is 2. The van der Waals surface area contributed by atoms with Crippen LogP contribution in [0.2, 0.25) is 0 Å². The van der Waals surface area contributed by atoms with Gasteiger partial charge in [0, 0.05) is 61.4 Å². The lowest BCUT2D eigenvalue weighted by Gasteiger charge is -2.31. The maximum absolute atomic E-state index is 15.1. The molecule has 4 aliphatic rings. The van der Waals surface area contributed by atoms with Crippen LogP contribution in [-0.2, 0) is 17.8 Å². The van der Waals surface area contributed by atoms with Gasteiger partial charge in [0.05, 0.1) is 18.7 Å². The number of ether oxygens (including phenoxy) is 2. The van der Waals surface area contributed by atoms with Gasteiger partial charge in [0.25, 0.3) is 11.8 Å². The van der Waals surface area contributed by atoms with Crippen molar-refractivity contribution in [1.82, 2.24) is 20.1 Å². The number of carbonyl (C=O) groups excluding carboxylic acids is 1. The zero-order valence-electron chi connectivity index (χ0n) is 22.5. The average molecular weight is 549 g/mol. The van der Waals surface area contributed by atoms with Crippen molar-refractivity contribution in [2.24, 2.45) is 0 Å². The van der Waals surface area contributed by atoms with E-state index in [1.54, 1.807) is 23.1 Å². The predicted molar refractivity (Wildman–Crippen MR) is 147 cm³/mol. The van der Waals surface area contributed by atoms with Gasteiger partial charge in [-0.25, -0.2) is 8.78 Å². The van der Waals surface area contributed by atoms with Gasteiger partial charge in [-0.2, -0.15) is 0 Å². The van der Waals surface area contributed by atoms with Crippen LogP contribution in [-0.4, -0.2) is 78.2 Å². The van der Waals surface area contributed by atoms with Crippen molar-refractivity contribution in [2.45, 2.75) is 56.3 Å². The Bertz CT molecular complexity index is 1420. The number of amides is 1. The highest BCUT2D eigenvalue weighted by molar-refractivity contribution is 5.98. The van der Waals surface area contributed by atoms with Crippen LogP contribution in [0.3, 0.4) is 0 Å². The number of rotatable bonds is 6. The van der Waals surface area contributed by atoms with Crippen LogP contribution in [0.25, 0.3) is 10.9 Å². The minimum atomic E-state index is -2.98. The number of carbonyl (C=O) groups is 1. The quantitative estimate of drug-likeness (QED) is 0.494. The molecule has 1 N–H and O–H groups in total. The minimum Gasteiger partial charge on any atom is -0.483 e. The Balaban J connectivity index is 1.01. The van der Waals surface area contributed by atoms with E-state index in [9.17, 15) is 4.79 Å². The molecule has 9 heteroatoms. The lowest BCUT2D eigenvalue weighted by molar-refractivity contribution is -0.0620. The van der Waals surface area contributed by atoms with E-state index in [0.29, 0.717) is 36.9 Å². The highest BCUT2D eigenvalue weighted by Gasteiger charge is 2.50. The summed E-state index contributed by atoms with van der Waals surface area (Å²) in [6.45, 7) is 3.93. The molecule has 5 heterocycles. The van der Waals surface area contributed by atoms with Crippen LogP contribution < -0.4 is 10.1 Å². The molecule has 1 aromatic heterocycles. The molecule has 3 saturated heterocycles. The lowest BCUT2D eigenvalue weighted by atomic mass is 10.0. The molecule has 3 atom stereocenters. The van der Waals surface area contributed by atoms with Gasteiger partial charge >= 0.3 is 0 Å². The predicted octanol–water partition coefficient (Wildman–Crippen LogP) is 4.35. The summed E-state index contributed by atoms with van der Waals surface area (Å²) in [4.78, 5) is 21.4. The van der Waals surface area contributed by atoms with E-state index in [1.165, 1.54) is 0 Å². The smallest absolute Gasteiger partial charge is 0.297 e. The van der Waals surface area contributed by atoms with E-state index in [2.05, 4.69) is 17.4 Å². The number of pyridine rings is 1. The summed E-state index contributed by atoms with van der Waals surface area (Å²) >= 11 is 0. The summed E-state index contributed by atoms with van der Waals surface area (Å²) in [5.41, 5.74) is 4.42. The molecule has 0 spiro atoms. The number of hydrogen-bond acceptors (Lipinski definition) is 6. The second kappa shape index (κ2) is 10.4. The molecule has 7 rings (SSSR count). The Morgan fingerprint density at radius 1 is 1.12 bits per heavy atom. The molecular weight excluding hydrogens is 514 g/mol. The number of benzene rings is 2. The largest absolute Gasteiger partial charge is 0.483 e. The molecule has 1 amide bonds. The molecule has 210 valence electrons. The van der Waals surface area contributed by atoms with Gasteiger partial charge in [0.15, 0.2) is 6.10 Å². The summed E-state index contributed by atoms with van der Waals surface area (Å²) in [6, 6.07) is 15.4. The molecule has 0 bridgehead atoms. The second-order valence-corrected chi connectivity index (χ2v) is 11.6. The maximum Gasteiger partial charge on any atom is 0.297 e. The number of aromatic nitrogens is 1. The number of hydrogen-bond donors (Lipinski definition) is 1. The summed E-state index contributed by atoms with van der Waals surface area (Å²) in [5.74, 6) is -2.23. The van der Waals surface area contributed by atoms with Gasteiger partial charge < -0.3 is 19.7 Å². The highest BCUT2D eigenvalue weighted by atomic mass is 19.3. The molecule has 4 aliphatic heterocycles. The van der Waals surface area contributed by atoms with E-state index < -0.39 is 12.0 Å². The van der Waals surface area contributed by atoms with Gasteiger partial charge in [-0.05, 0) is 73.3 Å². The van der Waals surface area contributed by atoms with Crippen LogP contribution in [0.1, 0.15) is 52.4 Å². The van der Waals surface area contributed by atoms with Crippen molar-refractivity contribution in [1.29, 1.82) is 0 Å². The van der Waals surface area contributed by atoms with Crippen molar-refractivity contribution >= 4 is 16.8 Å². The summed E-state index contributed by atoms with van der Waals surface area (Å²) in [6.07, 6.45) is 1.76. The fraction of sp³-hybridized carbons (Fsp3) is 0.484. The number of nitrogens with zero attached hydrogens (tertiary/aromatic N) is 3. The number of nitrogens with one attached hydrogen (secondary N) is 1. The second-order valence-electron chi connectivity index (χ2n) is 11.6. The van der Waals surface area contributed by atoms with Crippen molar-refractivity contribution in [2.75, 3.05) is 39.4 Å². The maximum atomic E-state index is 15.1. The van der Waals surface area contributed by atoms with Crippen molar-refractivity contribution in [3.8, 4) is 5.75 Å². The van der Waals surface area contributed by atoms with Gasteiger partial charge in [0.1, 0.15) is 5.75 Å². The van der Waals surface area contributed by atoms with Crippen LogP contribution in [0, 0.1) is 0 Å². The standard InChI is InChI=1S/C31H34F2N4O3/c32-31(33)19-36(15-20-3-7-27-21(12-20)4-8-28(35-27)22-9-11-39-18-22)17-29(31)40-25-5-6-26-23(13-25)16-37(30(26)38)24-2-1-10-34-14-24/h3-8,12-13,22,24,29,34H,1-2,9-11,14-19H2/t22-,24-,29+/m0/s1. The fourth-order valence-corrected chi connectivity index (χ4v) is 6.57. The van der Waals surface area contributed by atoms with E-state index in [-0.39, 0.29) is 25.0 Å². The minimum absolute atomic E-state index is 0.0157. The Hall–Kier alpha value is -3.14. The Morgan fingerprint density at radius 3 is 2.88 bits per heavy atom. The number of halogens is 2. The number of likely N-dealkylation sites (tertiary alicyclic amines) is 1. The topological polar surface area (TPSA) is 66.9 Å². The Kier molecular flexibility index (Phi) is 6.68. The van der Waals surface area contributed by atoms with Crippen molar-refractivity contribution in [3.63, 3.8) is 0 Å².